The minimum absolute atomic E-state index is 0.0559. The smallest absolute Gasteiger partial charge is 0.332 e. The average Bonchev–Trinajstić information content (AvgIpc) is 2.98. The van der Waals surface area contributed by atoms with Crippen LogP contribution >= 0.6 is 15.9 Å². The first kappa shape index (κ1) is 23.7. The fraction of sp³-hybridized carbons (Fsp3) is 0.640. The molecule has 176 valence electrons. The predicted molar refractivity (Wildman–Crippen MR) is 136 cm³/mol. The van der Waals surface area contributed by atoms with Gasteiger partial charge in [-0.25, -0.2) is 4.79 Å². The van der Waals surface area contributed by atoms with E-state index in [1.54, 1.807) is 4.57 Å². The summed E-state index contributed by atoms with van der Waals surface area (Å²) in [5.74, 6) is 1.03. The van der Waals surface area contributed by atoms with Crippen molar-refractivity contribution in [3.05, 3.63) is 43.9 Å². The van der Waals surface area contributed by atoms with E-state index in [-0.39, 0.29) is 28.7 Å². The van der Waals surface area contributed by atoms with E-state index in [2.05, 4.69) is 68.9 Å². The van der Waals surface area contributed by atoms with E-state index in [1.807, 2.05) is 4.57 Å². The fourth-order valence-electron chi connectivity index (χ4n) is 5.05. The van der Waals surface area contributed by atoms with Crippen LogP contribution in [-0.2, 0) is 6.42 Å². The Hall–Kier alpha value is -1.47. The molecule has 0 amide bonds. The molecule has 0 bridgehead atoms. The van der Waals surface area contributed by atoms with Gasteiger partial charge in [0, 0.05) is 12.5 Å². The molecule has 1 aliphatic carbocycles. The molecule has 0 unspecified atom stereocenters. The van der Waals surface area contributed by atoms with E-state index in [0.29, 0.717) is 6.42 Å². The fourth-order valence-corrected chi connectivity index (χ4v) is 6.80. The highest BCUT2D eigenvalue weighted by molar-refractivity contribution is 9.10. The van der Waals surface area contributed by atoms with Gasteiger partial charge < -0.3 is 9.53 Å². The van der Waals surface area contributed by atoms with Gasteiger partial charge in [0.2, 0.25) is 5.88 Å². The molecule has 32 heavy (non-hydrogen) atoms. The van der Waals surface area contributed by atoms with Gasteiger partial charge in [0.25, 0.3) is 8.32 Å². The van der Waals surface area contributed by atoms with Gasteiger partial charge in [-0.05, 0) is 70.5 Å². The summed E-state index contributed by atoms with van der Waals surface area (Å²) in [5, 5.41) is 11.3. The Kier molecular flexibility index (Phi) is 6.21. The molecular weight excluding hydrogens is 484 g/mol. The van der Waals surface area contributed by atoms with Crippen LogP contribution in [-0.4, -0.2) is 22.6 Å². The highest BCUT2D eigenvalue weighted by Gasteiger charge is 2.40. The van der Waals surface area contributed by atoms with E-state index in [9.17, 15) is 9.90 Å². The molecule has 7 heteroatoms. The van der Waals surface area contributed by atoms with E-state index in [4.69, 9.17) is 4.43 Å². The number of hydrogen-bond acceptors (Lipinski definition) is 3. The summed E-state index contributed by atoms with van der Waals surface area (Å²) in [4.78, 5) is 13.5. The SMILES string of the molecule is CC[C@@H]1c2ccc(O[Si](C)(C)C(C)(C)C)c(Br)c2Cc2c(O)n(C3CCCCC3)c(=O)n21. The van der Waals surface area contributed by atoms with Crippen LogP contribution in [0.15, 0.2) is 21.4 Å². The zero-order chi connectivity index (χ0) is 23.4. The molecule has 4 rings (SSSR count). The van der Waals surface area contributed by atoms with Gasteiger partial charge in [0.15, 0.2) is 0 Å². The highest BCUT2D eigenvalue weighted by Crippen LogP contribution is 2.45. The summed E-state index contributed by atoms with van der Waals surface area (Å²) in [6, 6.07) is 4.22. The molecule has 1 fully saturated rings. The zero-order valence-corrected chi connectivity index (χ0v) is 22.9. The Balaban J connectivity index is 1.79. The summed E-state index contributed by atoms with van der Waals surface area (Å²) in [6.07, 6.45) is 6.71. The summed E-state index contributed by atoms with van der Waals surface area (Å²) < 4.78 is 11.1. The first-order valence-corrected chi connectivity index (χ1v) is 15.7. The van der Waals surface area contributed by atoms with Crippen LogP contribution in [0.3, 0.4) is 0 Å². The lowest BCUT2D eigenvalue weighted by Gasteiger charge is -2.37. The van der Waals surface area contributed by atoms with Crippen molar-refractivity contribution in [2.24, 2.45) is 0 Å². The van der Waals surface area contributed by atoms with E-state index in [0.717, 1.165) is 59.1 Å². The Morgan fingerprint density at radius 2 is 1.81 bits per heavy atom. The van der Waals surface area contributed by atoms with Crippen molar-refractivity contribution in [3.63, 3.8) is 0 Å². The van der Waals surface area contributed by atoms with E-state index < -0.39 is 8.32 Å². The van der Waals surface area contributed by atoms with Crippen LogP contribution in [0.5, 0.6) is 11.6 Å². The first-order valence-electron chi connectivity index (χ1n) is 12.0. The topological polar surface area (TPSA) is 56.4 Å². The molecule has 1 atom stereocenters. The van der Waals surface area contributed by atoms with Crippen molar-refractivity contribution in [1.82, 2.24) is 9.13 Å². The maximum atomic E-state index is 13.5. The number of hydrogen-bond donors (Lipinski definition) is 1. The molecule has 0 radical (unpaired) electrons. The molecule has 1 aromatic carbocycles. The molecule has 1 saturated carbocycles. The monoisotopic (exact) mass is 520 g/mol. The van der Waals surface area contributed by atoms with Gasteiger partial charge in [-0.2, -0.15) is 0 Å². The second-order valence-corrected chi connectivity index (χ2v) is 16.5. The average molecular weight is 522 g/mol. The predicted octanol–water partition coefficient (Wildman–Crippen LogP) is 6.91. The van der Waals surface area contributed by atoms with Gasteiger partial charge in [-0.3, -0.25) is 9.13 Å². The van der Waals surface area contributed by atoms with E-state index in [1.165, 1.54) is 6.42 Å². The Morgan fingerprint density at radius 1 is 1.16 bits per heavy atom. The van der Waals surface area contributed by atoms with Crippen LogP contribution in [0.1, 0.15) is 95.1 Å². The van der Waals surface area contributed by atoms with Crippen molar-refractivity contribution in [2.45, 2.75) is 103 Å². The van der Waals surface area contributed by atoms with Gasteiger partial charge in [-0.15, -0.1) is 0 Å². The molecule has 2 aliphatic rings. The minimum Gasteiger partial charge on any atom is -0.543 e. The second-order valence-electron chi connectivity index (χ2n) is 11.0. The Morgan fingerprint density at radius 3 is 2.41 bits per heavy atom. The standard InChI is InChI=1S/C25H37BrN2O3Si/c1-7-19-17-13-14-21(31-32(5,6)25(2,3)4)22(26)18(17)15-20-23(29)27(24(30)28(19)20)16-11-9-8-10-12-16/h13-14,16,19,29H,7-12,15H2,1-6H3/t19-/m1/s1. The molecule has 0 saturated heterocycles. The number of benzene rings is 1. The van der Waals surface area contributed by atoms with Crippen LogP contribution in [0.25, 0.3) is 0 Å². The molecule has 5 nitrogen and oxygen atoms in total. The number of aromatic hydroxyl groups is 1. The van der Waals surface area contributed by atoms with Crippen LogP contribution < -0.4 is 10.1 Å². The molecular formula is C25H37BrN2O3Si. The summed E-state index contributed by atoms with van der Waals surface area (Å²) in [7, 11) is -2.00. The summed E-state index contributed by atoms with van der Waals surface area (Å²) in [6.45, 7) is 13.3. The lowest BCUT2D eigenvalue weighted by molar-refractivity contribution is 0.305. The molecule has 1 aromatic heterocycles. The maximum Gasteiger partial charge on any atom is 0.332 e. The van der Waals surface area contributed by atoms with Crippen LogP contribution in [0.2, 0.25) is 18.1 Å². The summed E-state index contributed by atoms with van der Waals surface area (Å²) >= 11 is 3.84. The number of nitrogens with zero attached hydrogens (tertiary/aromatic N) is 2. The molecule has 1 aliphatic heterocycles. The number of rotatable bonds is 4. The lowest BCUT2D eigenvalue weighted by atomic mass is 9.91. The maximum absolute atomic E-state index is 13.5. The third-order valence-corrected chi connectivity index (χ3v) is 13.2. The van der Waals surface area contributed by atoms with Crippen molar-refractivity contribution in [2.75, 3.05) is 0 Å². The summed E-state index contributed by atoms with van der Waals surface area (Å²) in [5.41, 5.74) is 2.96. The largest absolute Gasteiger partial charge is 0.543 e. The quantitative estimate of drug-likeness (QED) is 0.445. The van der Waals surface area contributed by atoms with E-state index >= 15 is 0 Å². The third-order valence-electron chi connectivity index (χ3n) is 7.95. The third kappa shape index (κ3) is 3.79. The Labute approximate surface area is 201 Å². The highest BCUT2D eigenvalue weighted by atomic mass is 79.9. The van der Waals surface area contributed by atoms with Gasteiger partial charge in [0.05, 0.1) is 16.2 Å². The molecule has 2 heterocycles. The first-order chi connectivity index (χ1) is 15.0. The lowest BCUT2D eigenvalue weighted by Crippen LogP contribution is -2.44. The van der Waals surface area contributed by atoms with Crippen molar-refractivity contribution >= 4 is 24.2 Å². The zero-order valence-electron chi connectivity index (χ0n) is 20.3. The number of halogens is 1. The Bertz CT molecular complexity index is 1070. The van der Waals surface area contributed by atoms with Crippen molar-refractivity contribution in [3.8, 4) is 11.6 Å². The van der Waals surface area contributed by atoms with Crippen molar-refractivity contribution in [1.29, 1.82) is 0 Å². The van der Waals surface area contributed by atoms with Gasteiger partial charge in [-0.1, -0.05) is 53.0 Å². The van der Waals surface area contributed by atoms with Gasteiger partial charge in [0.1, 0.15) is 5.75 Å². The second kappa shape index (κ2) is 8.39. The molecule has 1 N–H and O–H groups in total. The molecule has 0 spiro atoms. The number of fused-ring (bicyclic) bond motifs is 2. The van der Waals surface area contributed by atoms with Crippen LogP contribution in [0, 0.1) is 0 Å². The van der Waals surface area contributed by atoms with Crippen molar-refractivity contribution < 1.29 is 9.53 Å². The van der Waals surface area contributed by atoms with Crippen LogP contribution in [0.4, 0.5) is 0 Å². The number of aromatic nitrogens is 2. The normalized spacial score (nSPS) is 19.5. The minimum atomic E-state index is -2.00. The number of imidazole rings is 1. The molecule has 2 aromatic rings. The van der Waals surface area contributed by atoms with Gasteiger partial charge >= 0.3 is 5.69 Å².